The first kappa shape index (κ1) is 20.7. The van der Waals surface area contributed by atoms with Crippen molar-refractivity contribution >= 4 is 39.9 Å². The van der Waals surface area contributed by atoms with Crippen LogP contribution in [0.3, 0.4) is 0 Å². The largest absolute Gasteiger partial charge is 0.339 e. The number of halogens is 1. The van der Waals surface area contributed by atoms with Gasteiger partial charge in [-0.1, -0.05) is 55.3 Å². The Hall–Kier alpha value is -1.99. The number of amides is 2. The van der Waals surface area contributed by atoms with Gasteiger partial charge in [-0.25, -0.2) is 0 Å². The predicted molar refractivity (Wildman–Crippen MR) is 112 cm³/mol. The zero-order valence-corrected chi connectivity index (χ0v) is 17.7. The third kappa shape index (κ3) is 4.89. The maximum absolute atomic E-state index is 12.6. The molecule has 1 unspecified atom stereocenters. The van der Waals surface area contributed by atoms with Crippen molar-refractivity contribution in [2.45, 2.75) is 45.4 Å². The zero-order valence-electron chi connectivity index (χ0n) is 16.2. The van der Waals surface area contributed by atoms with Crippen LogP contribution < -0.4 is 5.32 Å². The van der Waals surface area contributed by atoms with Crippen LogP contribution >= 0.6 is 22.9 Å². The topological polar surface area (TPSA) is 75.2 Å². The molecule has 1 atom stereocenters. The van der Waals surface area contributed by atoms with Gasteiger partial charge >= 0.3 is 0 Å². The molecule has 0 saturated carbocycles. The lowest BCUT2D eigenvalue weighted by molar-refractivity contribution is -0.121. The van der Waals surface area contributed by atoms with Gasteiger partial charge in [-0.15, -0.1) is 10.2 Å². The molecular weight excluding hydrogens is 396 g/mol. The number of nitrogens with zero attached hydrogens (tertiary/aromatic N) is 3. The zero-order chi connectivity index (χ0) is 20.1. The number of nitrogens with one attached hydrogen (secondary N) is 1. The fraction of sp³-hybridized carbons (Fsp3) is 0.500. The van der Waals surface area contributed by atoms with Gasteiger partial charge in [0.15, 0.2) is 0 Å². The van der Waals surface area contributed by atoms with Crippen molar-refractivity contribution in [3.05, 3.63) is 39.9 Å². The van der Waals surface area contributed by atoms with Crippen molar-refractivity contribution in [1.29, 1.82) is 0 Å². The molecule has 1 saturated heterocycles. The molecular formula is C20H25ClN4O2S. The summed E-state index contributed by atoms with van der Waals surface area (Å²) in [6.45, 7) is 5.35. The smallest absolute Gasteiger partial charge is 0.255 e. The Labute approximate surface area is 174 Å². The second kappa shape index (κ2) is 9.47. The Morgan fingerprint density at radius 1 is 1.29 bits per heavy atom. The molecule has 1 aliphatic rings. The van der Waals surface area contributed by atoms with Gasteiger partial charge in [0.05, 0.1) is 10.6 Å². The Bertz CT molecular complexity index is 833. The molecule has 0 aliphatic carbocycles. The van der Waals surface area contributed by atoms with Crippen molar-refractivity contribution in [1.82, 2.24) is 15.1 Å². The van der Waals surface area contributed by atoms with Crippen LogP contribution in [0.25, 0.3) is 0 Å². The minimum atomic E-state index is -0.129. The van der Waals surface area contributed by atoms with E-state index in [1.54, 1.807) is 29.2 Å². The number of benzene rings is 1. The van der Waals surface area contributed by atoms with Gasteiger partial charge in [0.1, 0.15) is 5.01 Å². The van der Waals surface area contributed by atoms with Crippen molar-refractivity contribution in [3.8, 4) is 0 Å². The molecule has 2 heterocycles. The molecule has 2 amide bonds. The first-order valence-corrected chi connectivity index (χ1v) is 10.9. The molecule has 0 spiro atoms. The number of carbonyl (C=O) groups is 2. The van der Waals surface area contributed by atoms with Crippen molar-refractivity contribution in [3.63, 3.8) is 0 Å². The van der Waals surface area contributed by atoms with E-state index in [0.29, 0.717) is 47.6 Å². The number of rotatable bonds is 6. The van der Waals surface area contributed by atoms with Crippen LogP contribution in [0, 0.1) is 5.92 Å². The molecule has 1 aromatic carbocycles. The second-order valence-corrected chi connectivity index (χ2v) is 8.59. The predicted octanol–water partition coefficient (Wildman–Crippen LogP) is 4.59. The summed E-state index contributed by atoms with van der Waals surface area (Å²) in [6, 6.07) is 7.05. The highest BCUT2D eigenvalue weighted by Crippen LogP contribution is 2.28. The van der Waals surface area contributed by atoms with E-state index >= 15 is 0 Å². The van der Waals surface area contributed by atoms with Gasteiger partial charge < -0.3 is 10.2 Å². The Kier molecular flexibility index (Phi) is 7.02. The summed E-state index contributed by atoms with van der Waals surface area (Å²) in [7, 11) is 0. The van der Waals surface area contributed by atoms with Gasteiger partial charge in [0, 0.05) is 24.9 Å². The van der Waals surface area contributed by atoms with Crippen LogP contribution in [0.4, 0.5) is 5.13 Å². The lowest BCUT2D eigenvalue weighted by Gasteiger charge is -2.31. The lowest BCUT2D eigenvalue weighted by Crippen LogP contribution is -2.41. The molecule has 1 aliphatic heterocycles. The van der Waals surface area contributed by atoms with E-state index < -0.39 is 0 Å². The van der Waals surface area contributed by atoms with E-state index in [4.69, 9.17) is 11.6 Å². The average Bonchev–Trinajstić information content (AvgIpc) is 3.17. The van der Waals surface area contributed by atoms with E-state index in [1.807, 2.05) is 0 Å². The minimum absolute atomic E-state index is 0.0457. The minimum Gasteiger partial charge on any atom is -0.339 e. The molecule has 2 aromatic rings. The highest BCUT2D eigenvalue weighted by Gasteiger charge is 2.29. The van der Waals surface area contributed by atoms with E-state index in [9.17, 15) is 9.59 Å². The van der Waals surface area contributed by atoms with Crippen LogP contribution in [0.15, 0.2) is 24.3 Å². The third-order valence-corrected chi connectivity index (χ3v) is 6.47. The summed E-state index contributed by atoms with van der Waals surface area (Å²) in [5.74, 6) is 0.0988. The Morgan fingerprint density at radius 3 is 2.68 bits per heavy atom. The van der Waals surface area contributed by atoms with Crippen LogP contribution in [0.5, 0.6) is 0 Å². The number of anilines is 1. The normalized spacial score (nSPS) is 16.0. The quantitative estimate of drug-likeness (QED) is 0.741. The standard InChI is InChI=1S/C20H25ClN4O2S/c1-3-6-13(2)18-23-24-20(28-18)22-17(26)14-9-11-25(12-10-14)19(27)15-7-4-5-8-16(15)21/h4-5,7-8,13-14H,3,6,9-12H2,1-2H3,(H,22,24,26). The van der Waals surface area contributed by atoms with E-state index in [2.05, 4.69) is 29.4 Å². The summed E-state index contributed by atoms with van der Waals surface area (Å²) >= 11 is 7.57. The average molecular weight is 421 g/mol. The van der Waals surface area contributed by atoms with Crippen LogP contribution in [0.1, 0.15) is 60.8 Å². The van der Waals surface area contributed by atoms with E-state index in [0.717, 1.165) is 17.8 Å². The molecule has 1 aromatic heterocycles. The van der Waals surface area contributed by atoms with Gasteiger partial charge in [-0.3, -0.25) is 9.59 Å². The maximum Gasteiger partial charge on any atom is 0.255 e. The Morgan fingerprint density at radius 2 is 2.00 bits per heavy atom. The number of aromatic nitrogens is 2. The molecule has 28 heavy (non-hydrogen) atoms. The van der Waals surface area contributed by atoms with Crippen LogP contribution in [-0.4, -0.2) is 40.0 Å². The summed E-state index contributed by atoms with van der Waals surface area (Å²) in [6.07, 6.45) is 3.40. The van der Waals surface area contributed by atoms with Crippen LogP contribution in [-0.2, 0) is 4.79 Å². The molecule has 6 nitrogen and oxygen atoms in total. The highest BCUT2D eigenvalue weighted by atomic mass is 35.5. The van der Waals surface area contributed by atoms with Crippen molar-refractivity contribution in [2.24, 2.45) is 5.92 Å². The second-order valence-electron chi connectivity index (χ2n) is 7.17. The summed E-state index contributed by atoms with van der Waals surface area (Å²) in [4.78, 5) is 27.0. The molecule has 3 rings (SSSR count). The first-order valence-electron chi connectivity index (χ1n) is 9.67. The molecule has 0 bridgehead atoms. The number of hydrogen-bond donors (Lipinski definition) is 1. The molecule has 1 N–H and O–H groups in total. The highest BCUT2D eigenvalue weighted by molar-refractivity contribution is 7.15. The maximum atomic E-state index is 12.6. The van der Waals surface area contributed by atoms with Crippen molar-refractivity contribution < 1.29 is 9.59 Å². The summed E-state index contributed by atoms with van der Waals surface area (Å²) < 4.78 is 0. The first-order chi connectivity index (χ1) is 13.5. The van der Waals surface area contributed by atoms with E-state index in [-0.39, 0.29) is 17.7 Å². The SMILES string of the molecule is CCCC(C)c1nnc(NC(=O)C2CCN(C(=O)c3ccccc3Cl)CC2)s1. The fourth-order valence-electron chi connectivity index (χ4n) is 3.40. The summed E-state index contributed by atoms with van der Waals surface area (Å²) in [5.41, 5.74) is 0.509. The lowest BCUT2D eigenvalue weighted by atomic mass is 9.95. The van der Waals surface area contributed by atoms with Gasteiger partial charge in [0.2, 0.25) is 11.0 Å². The van der Waals surface area contributed by atoms with Gasteiger partial charge in [-0.05, 0) is 31.4 Å². The molecule has 0 radical (unpaired) electrons. The number of piperidine rings is 1. The Balaban J connectivity index is 1.53. The van der Waals surface area contributed by atoms with E-state index in [1.165, 1.54) is 11.3 Å². The van der Waals surface area contributed by atoms with Crippen molar-refractivity contribution in [2.75, 3.05) is 18.4 Å². The molecule has 1 fully saturated rings. The molecule has 8 heteroatoms. The van der Waals surface area contributed by atoms with Crippen LogP contribution in [0.2, 0.25) is 5.02 Å². The number of hydrogen-bond acceptors (Lipinski definition) is 5. The number of carbonyl (C=O) groups excluding carboxylic acids is 2. The third-order valence-electron chi connectivity index (χ3n) is 5.07. The van der Waals surface area contributed by atoms with Gasteiger partial charge in [0.25, 0.3) is 5.91 Å². The fourth-order valence-corrected chi connectivity index (χ4v) is 4.45. The monoisotopic (exact) mass is 420 g/mol. The molecule has 150 valence electrons. The van der Waals surface area contributed by atoms with Gasteiger partial charge in [-0.2, -0.15) is 0 Å². The number of likely N-dealkylation sites (tertiary alicyclic amines) is 1. The summed E-state index contributed by atoms with van der Waals surface area (Å²) in [5, 5.41) is 13.2.